The van der Waals surface area contributed by atoms with Gasteiger partial charge in [0.15, 0.2) is 12.3 Å². The number of carbonyl (C=O) groups excluding carboxylic acids is 2. The predicted octanol–water partition coefficient (Wildman–Crippen LogP) is 4.47. The molecule has 0 unspecified atom stereocenters. The second-order valence-electron chi connectivity index (χ2n) is 7.19. The van der Waals surface area contributed by atoms with Crippen LogP contribution in [0.15, 0.2) is 53.9 Å². The van der Waals surface area contributed by atoms with Crippen molar-refractivity contribution in [2.24, 2.45) is 0 Å². The van der Waals surface area contributed by atoms with E-state index in [0.29, 0.717) is 0 Å². The fourth-order valence-electron chi connectivity index (χ4n) is 3.54. The quantitative estimate of drug-likeness (QED) is 0.635. The van der Waals surface area contributed by atoms with Crippen LogP contribution in [-0.2, 0) is 16.0 Å². The van der Waals surface area contributed by atoms with Gasteiger partial charge in [0.05, 0.1) is 6.04 Å². The van der Waals surface area contributed by atoms with Crippen LogP contribution in [-0.4, -0.2) is 23.5 Å². The zero-order chi connectivity index (χ0) is 20.2. The number of esters is 1. The van der Waals surface area contributed by atoms with E-state index in [0.717, 1.165) is 41.0 Å². The number of ether oxygens (including phenoxy) is 1. The molecule has 0 fully saturated rings. The third-order valence-corrected chi connectivity index (χ3v) is 5.94. The third-order valence-electron chi connectivity index (χ3n) is 5.05. The second kappa shape index (κ2) is 8.57. The fourth-order valence-corrected chi connectivity index (χ4v) is 4.34. The number of hydrogen-bond acceptors (Lipinski definition) is 5. The molecule has 1 amide bonds. The second-order valence-corrected chi connectivity index (χ2v) is 8.05. The number of rotatable bonds is 5. The average Bonchev–Trinajstić information content (AvgIpc) is 3.23. The molecular weight excluding hydrogens is 384 g/mol. The van der Waals surface area contributed by atoms with Crippen LogP contribution in [0, 0.1) is 6.92 Å². The van der Waals surface area contributed by atoms with E-state index < -0.39 is 5.97 Å². The first-order chi connectivity index (χ1) is 14.1. The maximum Gasteiger partial charge on any atom is 0.358 e. The van der Waals surface area contributed by atoms with Crippen molar-refractivity contribution < 1.29 is 14.3 Å². The number of thiazole rings is 1. The minimum Gasteiger partial charge on any atom is -0.451 e. The summed E-state index contributed by atoms with van der Waals surface area (Å²) in [7, 11) is 0. The molecule has 1 aliphatic carbocycles. The van der Waals surface area contributed by atoms with Crippen LogP contribution >= 0.6 is 11.3 Å². The van der Waals surface area contributed by atoms with Crippen LogP contribution < -0.4 is 5.32 Å². The fraction of sp³-hybridized carbons (Fsp3) is 0.261. The standard InChI is InChI=1S/C23H22N2O3S/c1-15-9-11-17(12-10-15)22-25-20(14-29-22)23(27)28-13-21(26)24-19-8-4-6-16-5-2-3-7-18(16)19/h2-3,5,7,9-12,14,19H,4,6,8,13H2,1H3,(H,24,26)/t19-/m1/s1. The molecule has 0 saturated carbocycles. The van der Waals surface area contributed by atoms with Crippen molar-refractivity contribution in [1.29, 1.82) is 0 Å². The van der Waals surface area contributed by atoms with Crippen LogP contribution in [0.2, 0.25) is 0 Å². The lowest BCUT2D eigenvalue weighted by atomic mass is 9.88. The third kappa shape index (κ3) is 4.54. The normalized spacial score (nSPS) is 15.4. The smallest absolute Gasteiger partial charge is 0.358 e. The van der Waals surface area contributed by atoms with Gasteiger partial charge in [0, 0.05) is 10.9 Å². The van der Waals surface area contributed by atoms with Crippen LogP contribution in [0.1, 0.15) is 46.1 Å². The summed E-state index contributed by atoms with van der Waals surface area (Å²) in [5, 5.41) is 5.39. The minimum absolute atomic E-state index is 0.0291. The average molecular weight is 407 g/mol. The molecule has 1 atom stereocenters. The molecule has 1 aromatic heterocycles. The van der Waals surface area contributed by atoms with Gasteiger partial charge in [0.25, 0.3) is 5.91 Å². The van der Waals surface area contributed by atoms with Crippen LogP contribution in [0.4, 0.5) is 0 Å². The highest BCUT2D eigenvalue weighted by molar-refractivity contribution is 7.13. The van der Waals surface area contributed by atoms with Crippen molar-refractivity contribution in [3.05, 3.63) is 76.3 Å². The Morgan fingerprint density at radius 3 is 2.79 bits per heavy atom. The van der Waals surface area contributed by atoms with Gasteiger partial charge in [0.2, 0.25) is 0 Å². The minimum atomic E-state index is -0.584. The van der Waals surface area contributed by atoms with E-state index in [4.69, 9.17) is 4.74 Å². The number of fused-ring (bicyclic) bond motifs is 1. The van der Waals surface area contributed by atoms with Gasteiger partial charge < -0.3 is 10.1 Å². The Balaban J connectivity index is 1.33. The van der Waals surface area contributed by atoms with Gasteiger partial charge in [-0.25, -0.2) is 9.78 Å². The molecule has 0 radical (unpaired) electrons. The molecule has 1 N–H and O–H groups in total. The molecule has 0 saturated heterocycles. The number of amides is 1. The molecule has 1 aliphatic rings. The number of nitrogens with one attached hydrogen (secondary N) is 1. The van der Waals surface area contributed by atoms with Crippen LogP contribution in [0.5, 0.6) is 0 Å². The van der Waals surface area contributed by atoms with E-state index in [1.165, 1.54) is 16.9 Å². The Kier molecular flexibility index (Phi) is 5.71. The molecule has 3 aromatic rings. The molecule has 6 heteroatoms. The summed E-state index contributed by atoms with van der Waals surface area (Å²) in [5.41, 5.74) is 4.76. The zero-order valence-corrected chi connectivity index (χ0v) is 17.0. The van der Waals surface area contributed by atoms with E-state index in [-0.39, 0.29) is 24.2 Å². The number of aromatic nitrogens is 1. The maximum absolute atomic E-state index is 12.3. The molecule has 0 aliphatic heterocycles. The van der Waals surface area contributed by atoms with Gasteiger partial charge in [-0.05, 0) is 37.3 Å². The molecule has 1 heterocycles. The molecule has 148 valence electrons. The summed E-state index contributed by atoms with van der Waals surface area (Å²) in [4.78, 5) is 28.9. The van der Waals surface area contributed by atoms with Crippen LogP contribution in [0.25, 0.3) is 10.6 Å². The summed E-state index contributed by atoms with van der Waals surface area (Å²) in [6, 6.07) is 16.1. The lowest BCUT2D eigenvalue weighted by molar-refractivity contribution is -0.125. The van der Waals surface area contributed by atoms with Crippen molar-refractivity contribution in [2.45, 2.75) is 32.2 Å². The van der Waals surface area contributed by atoms with E-state index in [1.54, 1.807) is 5.38 Å². The largest absolute Gasteiger partial charge is 0.451 e. The molecule has 2 aromatic carbocycles. The van der Waals surface area contributed by atoms with Gasteiger partial charge in [-0.3, -0.25) is 4.79 Å². The first-order valence-corrected chi connectivity index (χ1v) is 10.5. The Hall–Kier alpha value is -2.99. The van der Waals surface area contributed by atoms with Gasteiger partial charge in [-0.1, -0.05) is 54.1 Å². The highest BCUT2D eigenvalue weighted by Gasteiger charge is 2.22. The van der Waals surface area contributed by atoms with Crippen molar-refractivity contribution >= 4 is 23.2 Å². The van der Waals surface area contributed by atoms with E-state index in [9.17, 15) is 9.59 Å². The maximum atomic E-state index is 12.3. The Morgan fingerprint density at radius 1 is 1.17 bits per heavy atom. The molecule has 0 bridgehead atoms. The van der Waals surface area contributed by atoms with Gasteiger partial charge in [0.1, 0.15) is 5.01 Å². The topological polar surface area (TPSA) is 68.3 Å². The zero-order valence-electron chi connectivity index (χ0n) is 16.2. The summed E-state index contributed by atoms with van der Waals surface area (Å²) < 4.78 is 5.18. The molecule has 29 heavy (non-hydrogen) atoms. The lowest BCUT2D eigenvalue weighted by Gasteiger charge is -2.26. The number of benzene rings is 2. The highest BCUT2D eigenvalue weighted by Crippen LogP contribution is 2.29. The summed E-state index contributed by atoms with van der Waals surface area (Å²) in [5.74, 6) is -0.882. The van der Waals surface area contributed by atoms with Crippen molar-refractivity contribution in [1.82, 2.24) is 10.3 Å². The van der Waals surface area contributed by atoms with Gasteiger partial charge in [-0.2, -0.15) is 0 Å². The van der Waals surface area contributed by atoms with Gasteiger partial charge in [-0.15, -0.1) is 11.3 Å². The Bertz CT molecular complexity index is 1030. The molecule has 5 nitrogen and oxygen atoms in total. The molecule has 0 spiro atoms. The van der Waals surface area contributed by atoms with Crippen molar-refractivity contribution in [2.75, 3.05) is 6.61 Å². The molecule has 4 rings (SSSR count). The van der Waals surface area contributed by atoms with Crippen molar-refractivity contribution in [3.8, 4) is 10.6 Å². The summed E-state index contributed by atoms with van der Waals surface area (Å²) in [6.07, 6.45) is 2.95. The van der Waals surface area contributed by atoms with E-state index in [2.05, 4.69) is 16.4 Å². The lowest BCUT2D eigenvalue weighted by Crippen LogP contribution is -2.34. The SMILES string of the molecule is Cc1ccc(-c2nc(C(=O)OCC(=O)N[C@@H]3CCCc4ccccc43)cs2)cc1. The number of hydrogen-bond donors (Lipinski definition) is 1. The van der Waals surface area contributed by atoms with Crippen LogP contribution in [0.3, 0.4) is 0 Å². The summed E-state index contributed by atoms with van der Waals surface area (Å²) >= 11 is 1.38. The predicted molar refractivity (Wildman–Crippen MR) is 113 cm³/mol. The number of nitrogens with zero attached hydrogens (tertiary/aromatic N) is 1. The number of aryl methyl sites for hydroxylation is 2. The van der Waals surface area contributed by atoms with E-state index >= 15 is 0 Å². The monoisotopic (exact) mass is 406 g/mol. The Labute approximate surface area is 173 Å². The van der Waals surface area contributed by atoms with Crippen molar-refractivity contribution in [3.63, 3.8) is 0 Å². The van der Waals surface area contributed by atoms with Gasteiger partial charge >= 0.3 is 5.97 Å². The molecular formula is C23H22N2O3S. The number of carbonyl (C=O) groups is 2. The highest BCUT2D eigenvalue weighted by atomic mass is 32.1. The van der Waals surface area contributed by atoms with E-state index in [1.807, 2.05) is 49.4 Å². The first kappa shape index (κ1) is 19.3. The Morgan fingerprint density at radius 2 is 1.97 bits per heavy atom. The first-order valence-electron chi connectivity index (χ1n) is 9.67. The summed E-state index contributed by atoms with van der Waals surface area (Å²) in [6.45, 7) is 1.71.